The summed E-state index contributed by atoms with van der Waals surface area (Å²) in [5, 5.41) is 12.0. The molecule has 1 atom stereocenters. The molecule has 1 aromatic heterocycles. The molecule has 3 rings (SSSR count). The van der Waals surface area contributed by atoms with Crippen LogP contribution in [0.2, 0.25) is 0 Å². The Labute approximate surface area is 120 Å². The van der Waals surface area contributed by atoms with Crippen LogP contribution in [0.25, 0.3) is 21.5 Å². The number of fused-ring (bicyclic) bond motifs is 3. The van der Waals surface area contributed by atoms with Crippen molar-refractivity contribution in [3.8, 4) is 0 Å². The molecule has 0 bridgehead atoms. The van der Waals surface area contributed by atoms with Gasteiger partial charge in [0.15, 0.2) is 0 Å². The highest BCUT2D eigenvalue weighted by Gasteiger charge is 2.11. The summed E-state index contributed by atoms with van der Waals surface area (Å²) < 4.78 is 1.12. The third-order valence-corrected chi connectivity index (χ3v) is 3.54. The molecule has 0 spiro atoms. The molecule has 1 unspecified atom stereocenters. The van der Waals surface area contributed by atoms with Gasteiger partial charge in [0.05, 0.1) is 12.6 Å². The zero-order valence-corrected chi connectivity index (χ0v) is 11.6. The highest BCUT2D eigenvalue weighted by atomic mass is 16.3. The van der Waals surface area contributed by atoms with E-state index in [1.54, 1.807) is 31.2 Å². The fourth-order valence-electron chi connectivity index (χ4n) is 2.62. The molecular formula is C17H15NO3. The number of hydrogen-bond acceptors (Lipinski definition) is 3. The fourth-order valence-corrected chi connectivity index (χ4v) is 2.62. The number of aliphatic hydroxyl groups is 1. The number of hydrogen-bond donors (Lipinski definition) is 1. The monoisotopic (exact) mass is 281 g/mol. The van der Waals surface area contributed by atoms with Gasteiger partial charge in [0, 0.05) is 10.8 Å². The van der Waals surface area contributed by atoms with Crippen molar-refractivity contribution in [1.29, 1.82) is 0 Å². The second-order valence-corrected chi connectivity index (χ2v) is 5.16. The van der Waals surface area contributed by atoms with E-state index in [0.29, 0.717) is 10.8 Å². The Hall–Kier alpha value is -2.46. The molecule has 1 N–H and O–H groups in total. The van der Waals surface area contributed by atoms with E-state index in [1.165, 1.54) is 0 Å². The summed E-state index contributed by atoms with van der Waals surface area (Å²) in [6, 6.07) is 14.3. The maximum Gasteiger partial charge on any atom is 0.261 e. The van der Waals surface area contributed by atoms with Crippen molar-refractivity contribution in [2.45, 2.75) is 19.6 Å². The van der Waals surface area contributed by atoms with Crippen LogP contribution in [-0.2, 0) is 6.54 Å². The quantitative estimate of drug-likeness (QED) is 0.780. The maximum absolute atomic E-state index is 12.6. The lowest BCUT2D eigenvalue weighted by Crippen LogP contribution is -2.33. The van der Waals surface area contributed by atoms with Gasteiger partial charge in [0.25, 0.3) is 11.1 Å². The number of nitrogens with zero attached hydrogens (tertiary/aromatic N) is 1. The Bertz CT molecular complexity index is 869. The van der Waals surface area contributed by atoms with Crippen LogP contribution in [0.3, 0.4) is 0 Å². The Morgan fingerprint density at radius 1 is 0.857 bits per heavy atom. The first-order chi connectivity index (χ1) is 10.1. The minimum Gasteiger partial charge on any atom is -0.392 e. The summed E-state index contributed by atoms with van der Waals surface area (Å²) in [6.07, 6.45) is -0.768. The SMILES string of the molecule is CC(O)Cn1c(=O)c2ccccc2c2ccccc2c1=O. The van der Waals surface area contributed by atoms with Crippen LogP contribution in [0.1, 0.15) is 6.92 Å². The van der Waals surface area contributed by atoms with E-state index in [1.807, 2.05) is 24.3 Å². The van der Waals surface area contributed by atoms with Crippen LogP contribution < -0.4 is 11.1 Å². The van der Waals surface area contributed by atoms with E-state index in [9.17, 15) is 14.7 Å². The Morgan fingerprint density at radius 3 is 1.62 bits per heavy atom. The van der Waals surface area contributed by atoms with Crippen molar-refractivity contribution in [2.75, 3.05) is 0 Å². The van der Waals surface area contributed by atoms with Gasteiger partial charge in [-0.25, -0.2) is 0 Å². The number of rotatable bonds is 2. The third-order valence-electron chi connectivity index (χ3n) is 3.54. The standard InChI is InChI=1S/C17H15NO3/c1-11(19)10-18-16(20)14-8-4-2-6-12(14)13-7-3-5-9-15(13)17(18)21/h2-9,11,19H,10H2,1H3. The fraction of sp³-hybridized carbons (Fsp3) is 0.176. The Kier molecular flexibility index (Phi) is 3.31. The first-order valence-electron chi connectivity index (χ1n) is 6.82. The van der Waals surface area contributed by atoms with E-state index in [4.69, 9.17) is 0 Å². The van der Waals surface area contributed by atoms with Gasteiger partial charge in [-0.1, -0.05) is 36.4 Å². The number of aliphatic hydroxyl groups excluding tert-OH is 1. The summed E-state index contributed by atoms with van der Waals surface area (Å²) >= 11 is 0. The number of benzene rings is 2. The van der Waals surface area contributed by atoms with E-state index >= 15 is 0 Å². The van der Waals surface area contributed by atoms with E-state index < -0.39 is 6.10 Å². The molecule has 0 radical (unpaired) electrons. The van der Waals surface area contributed by atoms with Gasteiger partial charge < -0.3 is 5.11 Å². The second-order valence-electron chi connectivity index (χ2n) is 5.16. The molecule has 106 valence electrons. The minimum absolute atomic E-state index is 0.0136. The van der Waals surface area contributed by atoms with Gasteiger partial charge in [-0.3, -0.25) is 14.2 Å². The van der Waals surface area contributed by atoms with Crippen molar-refractivity contribution in [1.82, 2.24) is 4.57 Å². The van der Waals surface area contributed by atoms with E-state index in [-0.39, 0.29) is 17.7 Å². The molecule has 2 aromatic carbocycles. The van der Waals surface area contributed by atoms with Gasteiger partial charge in [0.2, 0.25) is 0 Å². The topological polar surface area (TPSA) is 59.3 Å². The van der Waals surface area contributed by atoms with E-state index in [2.05, 4.69) is 0 Å². The molecular weight excluding hydrogens is 266 g/mol. The molecule has 0 aliphatic rings. The highest BCUT2D eigenvalue weighted by Crippen LogP contribution is 2.19. The van der Waals surface area contributed by atoms with Crippen LogP contribution in [0.5, 0.6) is 0 Å². The van der Waals surface area contributed by atoms with Crippen molar-refractivity contribution in [3.05, 3.63) is 69.2 Å². The van der Waals surface area contributed by atoms with Gasteiger partial charge in [-0.05, 0) is 29.8 Å². The Balaban J connectivity index is 2.65. The zero-order chi connectivity index (χ0) is 15.0. The molecule has 4 heteroatoms. The van der Waals surface area contributed by atoms with Crippen LogP contribution in [0.15, 0.2) is 58.1 Å². The molecule has 21 heavy (non-hydrogen) atoms. The summed E-state index contributed by atoms with van der Waals surface area (Å²) in [6.45, 7) is 1.55. The molecule has 0 aliphatic carbocycles. The number of aromatic nitrogens is 1. The molecule has 0 saturated heterocycles. The smallest absolute Gasteiger partial charge is 0.261 e. The first-order valence-corrected chi connectivity index (χ1v) is 6.82. The van der Waals surface area contributed by atoms with Crippen LogP contribution in [0, 0.1) is 0 Å². The van der Waals surface area contributed by atoms with Crippen LogP contribution >= 0.6 is 0 Å². The molecule has 0 saturated carbocycles. The van der Waals surface area contributed by atoms with Crippen molar-refractivity contribution >= 4 is 21.5 Å². The zero-order valence-electron chi connectivity index (χ0n) is 11.6. The maximum atomic E-state index is 12.6. The Morgan fingerprint density at radius 2 is 1.24 bits per heavy atom. The first kappa shape index (κ1) is 13.5. The lowest BCUT2D eigenvalue weighted by atomic mass is 10.1. The average Bonchev–Trinajstić information content (AvgIpc) is 2.58. The third kappa shape index (κ3) is 2.23. The predicted molar refractivity (Wildman–Crippen MR) is 83.7 cm³/mol. The molecule has 0 aliphatic heterocycles. The van der Waals surface area contributed by atoms with Crippen LogP contribution in [0.4, 0.5) is 0 Å². The van der Waals surface area contributed by atoms with Gasteiger partial charge in [-0.15, -0.1) is 0 Å². The molecule has 1 heterocycles. The van der Waals surface area contributed by atoms with Crippen molar-refractivity contribution in [3.63, 3.8) is 0 Å². The van der Waals surface area contributed by atoms with Gasteiger partial charge in [-0.2, -0.15) is 0 Å². The highest BCUT2D eigenvalue weighted by molar-refractivity contribution is 6.05. The molecule has 4 nitrogen and oxygen atoms in total. The summed E-state index contributed by atoms with van der Waals surface area (Å²) in [4.78, 5) is 25.3. The van der Waals surface area contributed by atoms with Crippen LogP contribution in [-0.4, -0.2) is 15.8 Å². The normalized spacial score (nSPS) is 12.7. The largest absolute Gasteiger partial charge is 0.392 e. The summed E-state index contributed by atoms with van der Waals surface area (Å²) in [7, 11) is 0. The molecule has 3 aromatic rings. The lowest BCUT2D eigenvalue weighted by Gasteiger charge is -2.04. The summed E-state index contributed by atoms with van der Waals surface area (Å²) in [5.41, 5.74) is -0.736. The average molecular weight is 281 g/mol. The second kappa shape index (κ2) is 5.14. The lowest BCUT2D eigenvalue weighted by molar-refractivity contribution is 0.171. The minimum atomic E-state index is -0.768. The summed E-state index contributed by atoms with van der Waals surface area (Å²) in [5.74, 6) is 0. The predicted octanol–water partition coefficient (Wildman–Crippen LogP) is 1.90. The van der Waals surface area contributed by atoms with E-state index in [0.717, 1.165) is 15.3 Å². The van der Waals surface area contributed by atoms with Gasteiger partial charge in [0.1, 0.15) is 0 Å². The van der Waals surface area contributed by atoms with Crippen molar-refractivity contribution < 1.29 is 5.11 Å². The van der Waals surface area contributed by atoms with Crippen molar-refractivity contribution in [2.24, 2.45) is 0 Å². The van der Waals surface area contributed by atoms with Gasteiger partial charge >= 0.3 is 0 Å². The molecule has 0 amide bonds. The molecule has 0 fully saturated rings.